The molecule has 150 valence electrons. The van der Waals surface area contributed by atoms with E-state index in [9.17, 15) is 4.79 Å². The molecule has 3 heterocycles. The largest absolute Gasteiger partial charge is 0.493 e. The van der Waals surface area contributed by atoms with Crippen molar-refractivity contribution in [1.82, 2.24) is 15.1 Å². The number of aliphatic imine (C=N–C) groups is 1. The van der Waals surface area contributed by atoms with E-state index in [0.717, 1.165) is 42.8 Å². The molecule has 4 rings (SSSR count). The van der Waals surface area contributed by atoms with Crippen LogP contribution in [0.25, 0.3) is 0 Å². The Balaban J connectivity index is 0.00000225. The number of fused-ring (bicyclic) bond motifs is 2. The first-order valence-electron chi connectivity index (χ1n) is 9.24. The van der Waals surface area contributed by atoms with Crippen LogP contribution in [0.3, 0.4) is 0 Å². The van der Waals surface area contributed by atoms with Crippen LogP contribution in [0.1, 0.15) is 40.5 Å². The quantitative estimate of drug-likeness (QED) is 0.338. The number of aromatic nitrogens is 2. The fraction of sp³-hybridized carbons (Fsp3) is 0.421. The average Bonchev–Trinajstić information content (AvgIpc) is 3.10. The van der Waals surface area contributed by atoms with E-state index in [1.54, 1.807) is 6.20 Å². The summed E-state index contributed by atoms with van der Waals surface area (Å²) in [5.74, 6) is 1.22. The van der Waals surface area contributed by atoms with Crippen molar-refractivity contribution in [2.75, 3.05) is 13.2 Å². The lowest BCUT2D eigenvalue weighted by molar-refractivity contribution is 0.0998. The molecule has 0 fully saturated rings. The Hall–Kier alpha value is -2.30. The van der Waals surface area contributed by atoms with Gasteiger partial charge in [-0.2, -0.15) is 5.10 Å². The van der Waals surface area contributed by atoms with Crippen molar-refractivity contribution in [3.05, 3.63) is 47.3 Å². The third kappa shape index (κ3) is 4.23. The summed E-state index contributed by atoms with van der Waals surface area (Å²) in [6.07, 6.45) is 4.08. The maximum absolute atomic E-state index is 11.5. The first-order chi connectivity index (χ1) is 13.1. The second kappa shape index (κ2) is 8.80. The molecular formula is C19H25IN6O2. The van der Waals surface area contributed by atoms with Gasteiger partial charge in [0.1, 0.15) is 5.75 Å². The van der Waals surface area contributed by atoms with Crippen LogP contribution in [0, 0.1) is 5.92 Å². The molecule has 0 bridgehead atoms. The van der Waals surface area contributed by atoms with Crippen molar-refractivity contribution in [3.63, 3.8) is 0 Å². The fourth-order valence-corrected chi connectivity index (χ4v) is 3.80. The van der Waals surface area contributed by atoms with Gasteiger partial charge in [0.2, 0.25) is 0 Å². The lowest BCUT2D eigenvalue weighted by Gasteiger charge is -2.27. The second-order valence-corrected chi connectivity index (χ2v) is 7.05. The summed E-state index contributed by atoms with van der Waals surface area (Å²) in [7, 11) is 0. The number of nitrogens with zero attached hydrogens (tertiary/aromatic N) is 3. The highest BCUT2D eigenvalue weighted by Crippen LogP contribution is 2.31. The van der Waals surface area contributed by atoms with Crippen LogP contribution >= 0.6 is 24.0 Å². The van der Waals surface area contributed by atoms with E-state index < -0.39 is 5.91 Å². The summed E-state index contributed by atoms with van der Waals surface area (Å²) in [6, 6.07) is 8.09. The summed E-state index contributed by atoms with van der Waals surface area (Å²) in [6.45, 7) is 2.03. The fourth-order valence-electron chi connectivity index (χ4n) is 3.80. The number of ether oxygens (including phenoxy) is 1. The predicted octanol–water partition coefficient (Wildman–Crippen LogP) is 1.59. The zero-order valence-corrected chi connectivity index (χ0v) is 17.8. The van der Waals surface area contributed by atoms with Crippen LogP contribution in [0.4, 0.5) is 0 Å². The number of para-hydroxylation sites is 1. The SMILES string of the molecule is I.NC(=O)c1cnn2c1CC(CN=C(N)NC1CCOc3ccccc31)CC2. The van der Waals surface area contributed by atoms with E-state index in [0.29, 0.717) is 30.6 Å². The smallest absolute Gasteiger partial charge is 0.252 e. The standard InChI is InChI=1S/C19H24N6O2.HI/c20-18(26)14-11-23-25-7-5-12(9-16(14)25)10-22-19(21)24-15-6-8-27-17-4-2-1-3-13(15)17;/h1-4,11-12,15H,5-10H2,(H2,20,26)(H3,21,22,24);1H. The molecule has 8 nitrogen and oxygen atoms in total. The van der Waals surface area contributed by atoms with Crippen molar-refractivity contribution in [1.29, 1.82) is 0 Å². The van der Waals surface area contributed by atoms with E-state index in [1.807, 2.05) is 28.9 Å². The number of hydrogen-bond donors (Lipinski definition) is 3. The molecule has 0 spiro atoms. The minimum atomic E-state index is -0.431. The number of primary amides is 1. The number of rotatable bonds is 4. The number of amides is 1. The molecule has 0 radical (unpaired) electrons. The average molecular weight is 496 g/mol. The number of halogens is 1. The summed E-state index contributed by atoms with van der Waals surface area (Å²) < 4.78 is 7.54. The predicted molar refractivity (Wildman–Crippen MR) is 117 cm³/mol. The number of carbonyl (C=O) groups excluding carboxylic acids is 1. The highest BCUT2D eigenvalue weighted by atomic mass is 127. The van der Waals surface area contributed by atoms with E-state index in [1.165, 1.54) is 0 Å². The minimum absolute atomic E-state index is 0. The molecule has 5 N–H and O–H groups in total. The van der Waals surface area contributed by atoms with Gasteiger partial charge in [0.15, 0.2) is 5.96 Å². The van der Waals surface area contributed by atoms with Gasteiger partial charge in [-0.15, -0.1) is 24.0 Å². The molecule has 2 aliphatic rings. The van der Waals surface area contributed by atoms with Gasteiger partial charge in [-0.05, 0) is 24.8 Å². The molecule has 2 unspecified atom stereocenters. The van der Waals surface area contributed by atoms with Crippen molar-refractivity contribution in [2.24, 2.45) is 22.4 Å². The monoisotopic (exact) mass is 496 g/mol. The Morgan fingerprint density at radius 3 is 2.96 bits per heavy atom. The van der Waals surface area contributed by atoms with E-state index >= 15 is 0 Å². The van der Waals surface area contributed by atoms with Gasteiger partial charge in [-0.25, -0.2) is 0 Å². The second-order valence-electron chi connectivity index (χ2n) is 7.05. The van der Waals surface area contributed by atoms with Crippen molar-refractivity contribution >= 4 is 35.8 Å². The van der Waals surface area contributed by atoms with Gasteiger partial charge in [-0.3, -0.25) is 14.5 Å². The molecule has 0 saturated heterocycles. The first kappa shape index (κ1) is 20.4. The Kier molecular flexibility index (Phi) is 6.42. The van der Waals surface area contributed by atoms with Gasteiger partial charge in [0.25, 0.3) is 5.91 Å². The number of guanidine groups is 1. The number of carbonyl (C=O) groups is 1. The van der Waals surface area contributed by atoms with E-state index in [-0.39, 0.29) is 30.0 Å². The first-order valence-corrected chi connectivity index (χ1v) is 9.24. The van der Waals surface area contributed by atoms with Crippen LogP contribution < -0.4 is 21.5 Å². The molecule has 2 aromatic rings. The zero-order valence-electron chi connectivity index (χ0n) is 15.5. The maximum Gasteiger partial charge on any atom is 0.252 e. The lowest BCUT2D eigenvalue weighted by Crippen LogP contribution is -2.38. The zero-order chi connectivity index (χ0) is 18.8. The van der Waals surface area contributed by atoms with Crippen LogP contribution in [-0.4, -0.2) is 34.8 Å². The molecular weight excluding hydrogens is 471 g/mol. The number of aryl methyl sites for hydroxylation is 1. The molecule has 2 atom stereocenters. The Bertz CT molecular complexity index is 881. The van der Waals surface area contributed by atoms with Gasteiger partial charge in [0, 0.05) is 25.1 Å². The molecule has 9 heteroatoms. The highest BCUT2D eigenvalue weighted by molar-refractivity contribution is 14.0. The van der Waals surface area contributed by atoms with Crippen LogP contribution in [0.5, 0.6) is 5.75 Å². The number of nitrogens with two attached hydrogens (primary N) is 2. The van der Waals surface area contributed by atoms with Crippen molar-refractivity contribution in [3.8, 4) is 5.75 Å². The van der Waals surface area contributed by atoms with Gasteiger partial charge >= 0.3 is 0 Å². The molecule has 0 aliphatic carbocycles. The molecule has 1 aromatic carbocycles. The third-order valence-electron chi connectivity index (χ3n) is 5.25. The third-order valence-corrected chi connectivity index (χ3v) is 5.25. The normalized spacial score (nSPS) is 20.9. The van der Waals surface area contributed by atoms with E-state index in [4.69, 9.17) is 16.2 Å². The van der Waals surface area contributed by atoms with E-state index in [2.05, 4.69) is 15.4 Å². The summed E-state index contributed by atoms with van der Waals surface area (Å²) in [5, 5.41) is 7.55. The van der Waals surface area contributed by atoms with Crippen molar-refractivity contribution < 1.29 is 9.53 Å². The molecule has 28 heavy (non-hydrogen) atoms. The van der Waals surface area contributed by atoms with Crippen LogP contribution in [0.2, 0.25) is 0 Å². The molecule has 1 aromatic heterocycles. The molecule has 0 saturated carbocycles. The van der Waals surface area contributed by atoms with Gasteiger partial charge in [-0.1, -0.05) is 18.2 Å². The number of nitrogens with one attached hydrogen (secondary N) is 1. The van der Waals surface area contributed by atoms with Crippen LogP contribution in [0.15, 0.2) is 35.5 Å². The summed E-state index contributed by atoms with van der Waals surface area (Å²) in [4.78, 5) is 16.1. The topological polar surface area (TPSA) is 121 Å². The molecule has 1 amide bonds. The van der Waals surface area contributed by atoms with Crippen molar-refractivity contribution in [2.45, 2.75) is 31.8 Å². The highest BCUT2D eigenvalue weighted by Gasteiger charge is 2.25. The summed E-state index contributed by atoms with van der Waals surface area (Å²) >= 11 is 0. The number of hydrogen-bond acceptors (Lipinski definition) is 4. The minimum Gasteiger partial charge on any atom is -0.493 e. The lowest BCUT2D eigenvalue weighted by atomic mass is 9.94. The Morgan fingerprint density at radius 1 is 1.32 bits per heavy atom. The summed E-state index contributed by atoms with van der Waals surface area (Å²) in [5.41, 5.74) is 14.1. The number of benzene rings is 1. The maximum atomic E-state index is 11.5. The Labute approximate surface area is 180 Å². The van der Waals surface area contributed by atoms with Gasteiger partial charge < -0.3 is 21.5 Å². The van der Waals surface area contributed by atoms with Crippen LogP contribution in [-0.2, 0) is 13.0 Å². The van der Waals surface area contributed by atoms with Gasteiger partial charge in [0.05, 0.1) is 30.1 Å². The Morgan fingerprint density at radius 2 is 2.14 bits per heavy atom. The molecule has 2 aliphatic heterocycles.